The summed E-state index contributed by atoms with van der Waals surface area (Å²) in [7, 11) is 0. The van der Waals surface area contributed by atoms with Crippen molar-refractivity contribution in [2.45, 2.75) is 70.6 Å². The third-order valence-corrected chi connectivity index (χ3v) is 7.41. The van der Waals surface area contributed by atoms with E-state index in [-0.39, 0.29) is 5.82 Å². The van der Waals surface area contributed by atoms with Gasteiger partial charge in [0.15, 0.2) is 11.6 Å². The molecule has 156 valence electrons. The molecule has 0 N–H and O–H groups in total. The van der Waals surface area contributed by atoms with Gasteiger partial charge in [0.1, 0.15) is 5.82 Å². The van der Waals surface area contributed by atoms with Crippen molar-refractivity contribution in [2.75, 3.05) is 0 Å². The molecule has 2 aliphatic carbocycles. The lowest BCUT2D eigenvalue weighted by Gasteiger charge is -2.32. The Morgan fingerprint density at radius 2 is 1.52 bits per heavy atom. The van der Waals surface area contributed by atoms with E-state index in [1.807, 2.05) is 6.07 Å². The maximum Gasteiger partial charge on any atom is 0.159 e. The zero-order chi connectivity index (χ0) is 20.4. The third-order valence-electron chi connectivity index (χ3n) is 7.41. The van der Waals surface area contributed by atoms with Gasteiger partial charge in [-0.25, -0.2) is 13.2 Å². The topological polar surface area (TPSA) is 0 Å². The maximum absolute atomic E-state index is 14.7. The Labute approximate surface area is 172 Å². The highest BCUT2D eigenvalue weighted by Gasteiger charge is 2.33. The summed E-state index contributed by atoms with van der Waals surface area (Å²) in [5.74, 6) is 0.893. The van der Waals surface area contributed by atoms with Crippen LogP contribution in [0.25, 0.3) is 11.1 Å². The van der Waals surface area contributed by atoms with Crippen LogP contribution in [0, 0.1) is 35.2 Å². The molecule has 0 amide bonds. The largest absolute Gasteiger partial charge is 0.206 e. The second kappa shape index (κ2) is 8.93. The summed E-state index contributed by atoms with van der Waals surface area (Å²) in [4.78, 5) is 0. The standard InChI is InChI=1S/C26H31F3/c1-2-3-17-4-5-20(14-17)18-6-8-19(9-7-18)21-10-12-23(25(28)15-21)22-11-13-24(27)26(29)16-22/h10-13,15-20H,2-9,14H2,1H3. The van der Waals surface area contributed by atoms with Gasteiger partial charge in [0.25, 0.3) is 0 Å². The molecule has 2 atom stereocenters. The van der Waals surface area contributed by atoms with E-state index >= 15 is 0 Å². The Balaban J connectivity index is 1.39. The molecule has 0 nitrogen and oxygen atoms in total. The third kappa shape index (κ3) is 4.54. The minimum atomic E-state index is -0.947. The van der Waals surface area contributed by atoms with Gasteiger partial charge in [0, 0.05) is 5.56 Å². The number of hydrogen-bond donors (Lipinski definition) is 0. The van der Waals surface area contributed by atoms with Crippen LogP contribution in [0.15, 0.2) is 36.4 Å². The molecule has 3 heteroatoms. The van der Waals surface area contributed by atoms with Crippen molar-refractivity contribution in [3.8, 4) is 11.1 Å². The van der Waals surface area contributed by atoms with Crippen LogP contribution in [0.5, 0.6) is 0 Å². The first-order valence-electron chi connectivity index (χ1n) is 11.3. The SMILES string of the molecule is CCCC1CCC(C2CCC(c3ccc(-c4ccc(F)c(F)c4)c(F)c3)CC2)C1. The van der Waals surface area contributed by atoms with Crippen molar-refractivity contribution in [3.05, 3.63) is 59.4 Å². The van der Waals surface area contributed by atoms with Crippen LogP contribution in [-0.4, -0.2) is 0 Å². The Hall–Kier alpha value is -1.77. The van der Waals surface area contributed by atoms with E-state index in [9.17, 15) is 13.2 Å². The van der Waals surface area contributed by atoms with E-state index in [1.165, 1.54) is 51.0 Å². The predicted octanol–water partition coefficient (Wildman–Crippen LogP) is 8.26. The summed E-state index contributed by atoms with van der Waals surface area (Å²) in [5, 5.41) is 0. The number of halogens is 3. The van der Waals surface area contributed by atoms with Crippen molar-refractivity contribution >= 4 is 0 Å². The lowest BCUT2D eigenvalue weighted by Crippen LogP contribution is -2.19. The highest BCUT2D eigenvalue weighted by atomic mass is 19.2. The van der Waals surface area contributed by atoms with Crippen LogP contribution in [0.4, 0.5) is 13.2 Å². The van der Waals surface area contributed by atoms with Crippen LogP contribution in [0.3, 0.4) is 0 Å². The van der Waals surface area contributed by atoms with Gasteiger partial charge in [-0.2, -0.15) is 0 Å². The highest BCUT2D eigenvalue weighted by Crippen LogP contribution is 2.46. The normalized spacial score (nSPS) is 27.3. The van der Waals surface area contributed by atoms with E-state index in [2.05, 4.69) is 6.92 Å². The quantitative estimate of drug-likeness (QED) is 0.474. The summed E-state index contributed by atoms with van der Waals surface area (Å²) in [5.41, 5.74) is 1.75. The molecule has 2 aromatic carbocycles. The second-order valence-corrected chi connectivity index (χ2v) is 9.21. The molecule has 2 fully saturated rings. The maximum atomic E-state index is 14.7. The second-order valence-electron chi connectivity index (χ2n) is 9.21. The fourth-order valence-corrected chi connectivity index (χ4v) is 5.82. The van der Waals surface area contributed by atoms with Crippen LogP contribution >= 0.6 is 0 Å². The molecule has 0 heterocycles. The molecular weight excluding hydrogens is 369 g/mol. The zero-order valence-corrected chi connectivity index (χ0v) is 17.3. The molecule has 29 heavy (non-hydrogen) atoms. The van der Waals surface area contributed by atoms with E-state index in [1.54, 1.807) is 12.1 Å². The van der Waals surface area contributed by atoms with Crippen molar-refractivity contribution in [1.82, 2.24) is 0 Å². The fourth-order valence-electron chi connectivity index (χ4n) is 5.82. The van der Waals surface area contributed by atoms with Gasteiger partial charge in [-0.1, -0.05) is 44.4 Å². The Kier molecular flexibility index (Phi) is 6.32. The highest BCUT2D eigenvalue weighted by molar-refractivity contribution is 5.64. The van der Waals surface area contributed by atoms with Gasteiger partial charge in [0.05, 0.1) is 0 Å². The van der Waals surface area contributed by atoms with E-state index < -0.39 is 11.6 Å². The number of rotatable bonds is 5. The minimum Gasteiger partial charge on any atom is -0.206 e. The lowest BCUT2D eigenvalue weighted by atomic mass is 9.73. The van der Waals surface area contributed by atoms with Gasteiger partial charge in [0.2, 0.25) is 0 Å². The zero-order valence-electron chi connectivity index (χ0n) is 17.3. The fraction of sp³-hybridized carbons (Fsp3) is 0.538. The average molecular weight is 401 g/mol. The van der Waals surface area contributed by atoms with E-state index in [0.29, 0.717) is 17.0 Å². The van der Waals surface area contributed by atoms with Gasteiger partial charge in [-0.05, 0) is 91.5 Å². The molecule has 2 aliphatic rings. The summed E-state index contributed by atoms with van der Waals surface area (Å²) >= 11 is 0. The monoisotopic (exact) mass is 400 g/mol. The molecule has 2 unspecified atom stereocenters. The number of benzene rings is 2. The van der Waals surface area contributed by atoms with Crippen LogP contribution in [-0.2, 0) is 0 Å². The van der Waals surface area contributed by atoms with Gasteiger partial charge in [-0.3, -0.25) is 0 Å². The predicted molar refractivity (Wildman–Crippen MR) is 112 cm³/mol. The van der Waals surface area contributed by atoms with E-state index in [4.69, 9.17) is 0 Å². The molecule has 0 spiro atoms. The molecule has 2 aromatic rings. The lowest BCUT2D eigenvalue weighted by molar-refractivity contribution is 0.229. The Morgan fingerprint density at radius 3 is 2.21 bits per heavy atom. The molecule has 0 bridgehead atoms. The average Bonchev–Trinajstić information content (AvgIpc) is 3.19. The smallest absolute Gasteiger partial charge is 0.159 e. The summed E-state index contributed by atoms with van der Waals surface area (Å²) in [6.45, 7) is 2.29. The van der Waals surface area contributed by atoms with Crippen molar-refractivity contribution in [1.29, 1.82) is 0 Å². The van der Waals surface area contributed by atoms with Gasteiger partial charge in [-0.15, -0.1) is 0 Å². The minimum absolute atomic E-state index is 0.328. The number of hydrogen-bond acceptors (Lipinski definition) is 0. The van der Waals surface area contributed by atoms with Crippen molar-refractivity contribution < 1.29 is 13.2 Å². The van der Waals surface area contributed by atoms with Crippen LogP contribution in [0.1, 0.15) is 76.2 Å². The van der Waals surface area contributed by atoms with Gasteiger partial charge >= 0.3 is 0 Å². The molecule has 2 saturated carbocycles. The molecule has 0 aromatic heterocycles. The molecule has 0 radical (unpaired) electrons. The molecule has 0 saturated heterocycles. The molecular formula is C26H31F3. The van der Waals surface area contributed by atoms with Crippen LogP contribution in [0.2, 0.25) is 0 Å². The first kappa shape index (κ1) is 20.5. The summed E-state index contributed by atoms with van der Waals surface area (Å²) in [6.07, 6.45) is 11.7. The van der Waals surface area contributed by atoms with Crippen molar-refractivity contribution in [2.24, 2.45) is 17.8 Å². The van der Waals surface area contributed by atoms with E-state index in [0.717, 1.165) is 48.3 Å². The molecule has 4 rings (SSSR count). The van der Waals surface area contributed by atoms with Crippen LogP contribution < -0.4 is 0 Å². The first-order valence-corrected chi connectivity index (χ1v) is 11.3. The Bertz CT molecular complexity index is 836. The summed E-state index contributed by atoms with van der Waals surface area (Å²) < 4.78 is 41.4. The first-order chi connectivity index (χ1) is 14.0. The Morgan fingerprint density at radius 1 is 0.759 bits per heavy atom. The molecule has 0 aliphatic heterocycles. The summed E-state index contributed by atoms with van der Waals surface area (Å²) in [6, 6.07) is 8.83. The van der Waals surface area contributed by atoms with Crippen molar-refractivity contribution in [3.63, 3.8) is 0 Å². The van der Waals surface area contributed by atoms with Gasteiger partial charge < -0.3 is 0 Å².